The van der Waals surface area contributed by atoms with E-state index in [0.717, 1.165) is 5.69 Å². The zero-order valence-electron chi connectivity index (χ0n) is 11.3. The Bertz CT molecular complexity index is 513. The minimum absolute atomic E-state index is 0.251. The summed E-state index contributed by atoms with van der Waals surface area (Å²) in [4.78, 5) is 24.4. The zero-order valence-corrected chi connectivity index (χ0v) is 11.3. The highest BCUT2D eigenvalue weighted by atomic mass is 16.6. The third kappa shape index (κ3) is 3.07. The van der Waals surface area contributed by atoms with E-state index in [1.54, 1.807) is 17.2 Å². The lowest BCUT2D eigenvalue weighted by atomic mass is 10.2. The first-order valence-corrected chi connectivity index (χ1v) is 6.16. The number of fused-ring (bicyclic) bond motifs is 1. The second-order valence-corrected chi connectivity index (χ2v) is 5.62. The number of ether oxygens (including phenoxy) is 1. The molecule has 0 fully saturated rings. The van der Waals surface area contributed by atoms with Crippen molar-refractivity contribution < 1.29 is 19.4 Å². The molecule has 2 rings (SSSR count). The van der Waals surface area contributed by atoms with Crippen LogP contribution in [0.15, 0.2) is 12.3 Å². The Balaban J connectivity index is 2.09. The Labute approximate surface area is 111 Å². The number of carbonyl (C=O) groups is 2. The van der Waals surface area contributed by atoms with Crippen LogP contribution in [0.2, 0.25) is 0 Å². The fraction of sp³-hybridized carbons (Fsp3) is 0.538. The summed E-state index contributed by atoms with van der Waals surface area (Å²) >= 11 is 0. The Morgan fingerprint density at radius 2 is 2.00 bits per heavy atom. The van der Waals surface area contributed by atoms with Gasteiger partial charge >= 0.3 is 12.1 Å². The van der Waals surface area contributed by atoms with Crippen molar-refractivity contribution in [3.63, 3.8) is 0 Å². The fourth-order valence-corrected chi connectivity index (χ4v) is 2.00. The van der Waals surface area contributed by atoms with Gasteiger partial charge in [0.05, 0.1) is 12.1 Å². The van der Waals surface area contributed by atoms with Crippen LogP contribution in [-0.4, -0.2) is 38.8 Å². The quantitative estimate of drug-likeness (QED) is 0.843. The highest BCUT2D eigenvalue weighted by Crippen LogP contribution is 2.19. The van der Waals surface area contributed by atoms with Gasteiger partial charge in [-0.3, -0.25) is 0 Å². The topological polar surface area (TPSA) is 71.8 Å². The maximum Gasteiger partial charge on any atom is 0.410 e. The molecule has 1 aromatic heterocycles. The van der Waals surface area contributed by atoms with Gasteiger partial charge in [-0.15, -0.1) is 0 Å². The van der Waals surface area contributed by atoms with Gasteiger partial charge in [0.1, 0.15) is 5.60 Å². The van der Waals surface area contributed by atoms with Gasteiger partial charge < -0.3 is 19.3 Å². The molecule has 0 aliphatic carbocycles. The predicted molar refractivity (Wildman–Crippen MR) is 68.0 cm³/mol. The molecule has 19 heavy (non-hydrogen) atoms. The second-order valence-electron chi connectivity index (χ2n) is 5.62. The van der Waals surface area contributed by atoms with E-state index in [2.05, 4.69) is 0 Å². The molecular formula is C13H18N2O4. The van der Waals surface area contributed by atoms with Gasteiger partial charge in [0, 0.05) is 25.0 Å². The molecule has 6 heteroatoms. The van der Waals surface area contributed by atoms with Crippen LogP contribution in [0.5, 0.6) is 0 Å². The summed E-state index contributed by atoms with van der Waals surface area (Å²) in [7, 11) is 0. The van der Waals surface area contributed by atoms with Gasteiger partial charge in [0.2, 0.25) is 0 Å². The summed E-state index contributed by atoms with van der Waals surface area (Å²) in [5, 5.41) is 8.94. The number of nitrogens with zero attached hydrogens (tertiary/aromatic N) is 2. The normalized spacial score (nSPS) is 15.0. The Hall–Kier alpha value is -1.98. The number of aromatic carboxylic acids is 1. The third-order valence-electron chi connectivity index (χ3n) is 2.85. The largest absolute Gasteiger partial charge is 0.478 e. The lowest BCUT2D eigenvalue weighted by Gasteiger charge is -2.30. The lowest BCUT2D eigenvalue weighted by molar-refractivity contribution is 0.0199. The first kappa shape index (κ1) is 13.5. The minimum atomic E-state index is -0.953. The van der Waals surface area contributed by atoms with Gasteiger partial charge in [-0.1, -0.05) is 0 Å². The van der Waals surface area contributed by atoms with Crippen molar-refractivity contribution >= 4 is 12.1 Å². The standard InChI is InChI=1S/C13H18N2O4/c1-13(2,3)19-12(18)15-5-4-14-7-9(11(16)17)6-10(14)8-15/h6-7H,4-5,8H2,1-3H3,(H,16,17). The zero-order chi connectivity index (χ0) is 14.2. The molecule has 0 bridgehead atoms. The van der Waals surface area contributed by atoms with Crippen molar-refractivity contribution in [1.29, 1.82) is 0 Å². The van der Waals surface area contributed by atoms with Crippen LogP contribution >= 0.6 is 0 Å². The second kappa shape index (κ2) is 4.60. The number of hydrogen-bond donors (Lipinski definition) is 1. The third-order valence-corrected chi connectivity index (χ3v) is 2.85. The summed E-state index contributed by atoms with van der Waals surface area (Å²) in [5.41, 5.74) is 0.540. The highest BCUT2D eigenvalue weighted by Gasteiger charge is 2.26. The summed E-state index contributed by atoms with van der Waals surface area (Å²) in [6.45, 7) is 6.94. The van der Waals surface area contributed by atoms with Crippen molar-refractivity contribution in [3.8, 4) is 0 Å². The van der Waals surface area contributed by atoms with Crippen molar-refractivity contribution in [2.24, 2.45) is 0 Å². The lowest BCUT2D eigenvalue weighted by Crippen LogP contribution is -2.41. The van der Waals surface area contributed by atoms with Crippen LogP contribution in [-0.2, 0) is 17.8 Å². The maximum atomic E-state index is 11.9. The molecule has 0 aromatic carbocycles. The molecule has 1 N–H and O–H groups in total. The SMILES string of the molecule is CC(C)(C)OC(=O)N1CCn2cc(C(=O)O)cc2C1. The summed E-state index contributed by atoms with van der Waals surface area (Å²) in [6.07, 6.45) is 1.24. The van der Waals surface area contributed by atoms with E-state index >= 15 is 0 Å². The molecule has 0 atom stereocenters. The summed E-state index contributed by atoms with van der Waals surface area (Å²) in [5.74, 6) is -0.953. The van der Waals surface area contributed by atoms with E-state index in [0.29, 0.717) is 19.6 Å². The summed E-state index contributed by atoms with van der Waals surface area (Å²) < 4.78 is 7.17. The fourth-order valence-electron chi connectivity index (χ4n) is 2.00. The Morgan fingerprint density at radius 1 is 1.32 bits per heavy atom. The van der Waals surface area contributed by atoms with Gasteiger partial charge in [0.25, 0.3) is 0 Å². The molecule has 104 valence electrons. The molecule has 0 saturated carbocycles. The highest BCUT2D eigenvalue weighted by molar-refractivity contribution is 5.87. The van der Waals surface area contributed by atoms with E-state index in [9.17, 15) is 9.59 Å². The molecule has 0 saturated heterocycles. The molecule has 1 amide bonds. The van der Waals surface area contributed by atoms with Crippen LogP contribution in [0.3, 0.4) is 0 Å². The van der Waals surface area contributed by atoms with Gasteiger partial charge in [-0.2, -0.15) is 0 Å². The molecule has 0 spiro atoms. The van der Waals surface area contributed by atoms with Crippen LogP contribution in [0, 0.1) is 0 Å². The molecular weight excluding hydrogens is 248 g/mol. The van der Waals surface area contributed by atoms with Crippen molar-refractivity contribution in [2.45, 2.75) is 39.5 Å². The molecule has 1 aliphatic rings. The minimum Gasteiger partial charge on any atom is -0.478 e. The van der Waals surface area contributed by atoms with Gasteiger partial charge in [-0.05, 0) is 26.8 Å². The molecule has 2 heterocycles. The molecule has 0 unspecified atom stereocenters. The maximum absolute atomic E-state index is 11.9. The predicted octanol–water partition coefficient (Wildman–Crippen LogP) is 1.94. The molecule has 0 radical (unpaired) electrons. The first-order chi connectivity index (χ1) is 8.76. The number of carboxylic acids is 1. The molecule has 1 aliphatic heterocycles. The number of rotatable bonds is 1. The van der Waals surface area contributed by atoms with E-state index in [4.69, 9.17) is 9.84 Å². The number of hydrogen-bond acceptors (Lipinski definition) is 3. The molecule has 6 nitrogen and oxygen atoms in total. The van der Waals surface area contributed by atoms with Gasteiger partial charge in [0.15, 0.2) is 0 Å². The smallest absolute Gasteiger partial charge is 0.410 e. The van der Waals surface area contributed by atoms with E-state index in [-0.39, 0.29) is 11.7 Å². The Morgan fingerprint density at radius 3 is 2.58 bits per heavy atom. The van der Waals surface area contributed by atoms with Crippen LogP contribution in [0.1, 0.15) is 36.8 Å². The van der Waals surface area contributed by atoms with Crippen LogP contribution in [0.25, 0.3) is 0 Å². The number of aromatic nitrogens is 1. The number of amides is 1. The number of carbonyl (C=O) groups excluding carboxylic acids is 1. The average molecular weight is 266 g/mol. The average Bonchev–Trinajstić information content (AvgIpc) is 2.69. The van der Waals surface area contributed by atoms with Crippen LogP contribution < -0.4 is 0 Å². The number of carboxylic acid groups (broad SMARTS) is 1. The monoisotopic (exact) mass is 266 g/mol. The van der Waals surface area contributed by atoms with E-state index < -0.39 is 11.6 Å². The van der Waals surface area contributed by atoms with E-state index in [1.807, 2.05) is 25.3 Å². The van der Waals surface area contributed by atoms with Gasteiger partial charge in [-0.25, -0.2) is 9.59 Å². The van der Waals surface area contributed by atoms with Crippen molar-refractivity contribution in [3.05, 3.63) is 23.5 Å². The Kier molecular flexibility index (Phi) is 3.26. The molecule has 1 aromatic rings. The van der Waals surface area contributed by atoms with Crippen LogP contribution in [0.4, 0.5) is 4.79 Å². The van der Waals surface area contributed by atoms with Crippen molar-refractivity contribution in [1.82, 2.24) is 9.47 Å². The van der Waals surface area contributed by atoms with Crippen molar-refractivity contribution in [2.75, 3.05) is 6.54 Å². The summed E-state index contributed by atoms with van der Waals surface area (Å²) in [6, 6.07) is 1.60. The first-order valence-electron chi connectivity index (χ1n) is 6.16. The van der Waals surface area contributed by atoms with E-state index in [1.165, 1.54) is 0 Å².